The summed E-state index contributed by atoms with van der Waals surface area (Å²) in [5.41, 5.74) is 4.78. The highest BCUT2D eigenvalue weighted by Gasteiger charge is 2.23. The first kappa shape index (κ1) is 20.9. The maximum absolute atomic E-state index is 13.6. The third-order valence-corrected chi connectivity index (χ3v) is 6.33. The first-order chi connectivity index (χ1) is 15.0. The Kier molecular flexibility index (Phi) is 5.91. The number of amides is 1. The van der Waals surface area contributed by atoms with Gasteiger partial charge in [0.05, 0.1) is 31.0 Å². The van der Waals surface area contributed by atoms with Gasteiger partial charge in [0.2, 0.25) is 0 Å². The Labute approximate surface area is 185 Å². The standard InChI is InChI=1S/C25H24N2O3S/c1-16-12-17(2)23-20(13-16)26-25(31-23)27(15-18-8-6-5-7-9-18)24(28)19-10-11-21(29-3)22(14-19)30-4/h5-14H,15H2,1-4H3. The molecule has 0 fully saturated rings. The van der Waals surface area contributed by atoms with E-state index < -0.39 is 0 Å². The van der Waals surface area contributed by atoms with Crippen molar-refractivity contribution in [3.8, 4) is 11.5 Å². The van der Waals surface area contributed by atoms with Crippen molar-refractivity contribution in [2.24, 2.45) is 0 Å². The lowest BCUT2D eigenvalue weighted by molar-refractivity contribution is 0.0984. The minimum atomic E-state index is -0.141. The van der Waals surface area contributed by atoms with Crippen LogP contribution in [-0.4, -0.2) is 25.1 Å². The minimum Gasteiger partial charge on any atom is -0.493 e. The summed E-state index contributed by atoms with van der Waals surface area (Å²) in [5.74, 6) is 0.960. The zero-order valence-corrected chi connectivity index (χ0v) is 18.8. The molecule has 158 valence electrons. The van der Waals surface area contributed by atoms with Gasteiger partial charge in [0.15, 0.2) is 16.6 Å². The third kappa shape index (κ3) is 4.25. The number of aryl methyl sites for hydroxylation is 2. The average Bonchev–Trinajstić information content (AvgIpc) is 3.21. The Morgan fingerprint density at radius 1 is 0.968 bits per heavy atom. The zero-order valence-electron chi connectivity index (χ0n) is 18.0. The summed E-state index contributed by atoms with van der Waals surface area (Å²) in [6.45, 7) is 4.56. The van der Waals surface area contributed by atoms with Crippen LogP contribution in [0.2, 0.25) is 0 Å². The predicted octanol–water partition coefficient (Wildman–Crippen LogP) is 5.78. The van der Waals surface area contributed by atoms with E-state index in [1.807, 2.05) is 30.3 Å². The van der Waals surface area contributed by atoms with Gasteiger partial charge >= 0.3 is 0 Å². The summed E-state index contributed by atoms with van der Waals surface area (Å²) in [6.07, 6.45) is 0. The molecule has 0 aliphatic carbocycles. The van der Waals surface area contributed by atoms with Gasteiger partial charge in [-0.3, -0.25) is 9.69 Å². The van der Waals surface area contributed by atoms with Crippen LogP contribution in [0.5, 0.6) is 11.5 Å². The highest BCUT2D eigenvalue weighted by molar-refractivity contribution is 7.22. The lowest BCUT2D eigenvalue weighted by Gasteiger charge is -2.21. The van der Waals surface area contributed by atoms with Crippen molar-refractivity contribution < 1.29 is 14.3 Å². The summed E-state index contributed by atoms with van der Waals surface area (Å²) in [7, 11) is 3.14. The van der Waals surface area contributed by atoms with E-state index in [0.717, 1.165) is 26.9 Å². The van der Waals surface area contributed by atoms with Gasteiger partial charge in [-0.2, -0.15) is 0 Å². The third-order valence-electron chi connectivity index (χ3n) is 5.10. The van der Waals surface area contributed by atoms with E-state index in [1.165, 1.54) is 11.3 Å². The van der Waals surface area contributed by atoms with Crippen molar-refractivity contribution in [2.45, 2.75) is 20.4 Å². The number of ether oxygens (including phenoxy) is 2. The van der Waals surface area contributed by atoms with Gasteiger partial charge < -0.3 is 9.47 Å². The van der Waals surface area contributed by atoms with E-state index in [1.54, 1.807) is 37.3 Å². The molecule has 4 aromatic rings. The fourth-order valence-corrected chi connectivity index (χ4v) is 4.61. The molecule has 0 N–H and O–H groups in total. The van der Waals surface area contributed by atoms with Gasteiger partial charge in [-0.05, 0) is 54.8 Å². The first-order valence-electron chi connectivity index (χ1n) is 9.95. The number of thiazole rings is 1. The van der Waals surface area contributed by atoms with Crippen molar-refractivity contribution in [3.63, 3.8) is 0 Å². The number of anilines is 1. The fraction of sp³-hybridized carbons (Fsp3) is 0.200. The second-order valence-corrected chi connectivity index (χ2v) is 8.35. The van der Waals surface area contributed by atoms with Crippen LogP contribution >= 0.6 is 11.3 Å². The van der Waals surface area contributed by atoms with E-state index in [0.29, 0.717) is 28.7 Å². The monoisotopic (exact) mass is 432 g/mol. The zero-order chi connectivity index (χ0) is 22.0. The number of carbonyl (C=O) groups excluding carboxylic acids is 1. The largest absolute Gasteiger partial charge is 0.493 e. The molecular formula is C25H24N2O3S. The number of aromatic nitrogens is 1. The lowest BCUT2D eigenvalue weighted by Crippen LogP contribution is -2.30. The molecule has 0 unspecified atom stereocenters. The number of carbonyl (C=O) groups is 1. The van der Waals surface area contributed by atoms with Crippen LogP contribution in [0, 0.1) is 13.8 Å². The molecule has 0 saturated heterocycles. The summed E-state index contributed by atoms with van der Waals surface area (Å²) in [5, 5.41) is 0.673. The molecule has 3 aromatic carbocycles. The van der Waals surface area contributed by atoms with E-state index in [9.17, 15) is 4.79 Å². The van der Waals surface area contributed by atoms with Crippen molar-refractivity contribution in [3.05, 3.63) is 82.9 Å². The van der Waals surface area contributed by atoms with Crippen LogP contribution in [0.3, 0.4) is 0 Å². The second kappa shape index (κ2) is 8.78. The van der Waals surface area contributed by atoms with Crippen molar-refractivity contribution >= 4 is 32.6 Å². The van der Waals surface area contributed by atoms with Gasteiger partial charge in [0, 0.05) is 5.56 Å². The molecule has 6 heteroatoms. The lowest BCUT2D eigenvalue weighted by atomic mass is 10.1. The number of benzene rings is 3. The highest BCUT2D eigenvalue weighted by atomic mass is 32.1. The predicted molar refractivity (Wildman–Crippen MR) is 126 cm³/mol. The maximum atomic E-state index is 13.6. The smallest absolute Gasteiger partial charge is 0.260 e. The Morgan fingerprint density at radius 3 is 2.42 bits per heavy atom. The van der Waals surface area contributed by atoms with Crippen molar-refractivity contribution in [2.75, 3.05) is 19.1 Å². The van der Waals surface area contributed by atoms with Crippen molar-refractivity contribution in [1.29, 1.82) is 0 Å². The number of methoxy groups -OCH3 is 2. The number of fused-ring (bicyclic) bond motifs is 1. The van der Waals surface area contributed by atoms with Gasteiger partial charge in [-0.15, -0.1) is 0 Å². The first-order valence-corrected chi connectivity index (χ1v) is 10.8. The van der Waals surface area contributed by atoms with Crippen LogP contribution in [0.25, 0.3) is 10.2 Å². The molecule has 0 spiro atoms. The molecule has 0 aliphatic rings. The molecule has 0 atom stereocenters. The quantitative estimate of drug-likeness (QED) is 0.388. The second-order valence-electron chi connectivity index (χ2n) is 7.37. The number of rotatable bonds is 6. The Morgan fingerprint density at radius 2 is 1.71 bits per heavy atom. The minimum absolute atomic E-state index is 0.141. The summed E-state index contributed by atoms with van der Waals surface area (Å²) >= 11 is 1.54. The number of hydrogen-bond donors (Lipinski definition) is 0. The summed E-state index contributed by atoms with van der Waals surface area (Å²) in [6, 6.07) is 19.3. The van der Waals surface area contributed by atoms with Crippen LogP contribution in [0.1, 0.15) is 27.0 Å². The molecule has 0 bridgehead atoms. The number of hydrogen-bond acceptors (Lipinski definition) is 5. The Balaban J connectivity index is 1.79. The van der Waals surface area contributed by atoms with E-state index >= 15 is 0 Å². The SMILES string of the molecule is COc1ccc(C(=O)N(Cc2ccccc2)c2nc3cc(C)cc(C)c3s2)cc1OC. The average molecular weight is 433 g/mol. The highest BCUT2D eigenvalue weighted by Crippen LogP contribution is 2.34. The molecule has 0 saturated carbocycles. The van der Waals surface area contributed by atoms with Gasteiger partial charge in [0.25, 0.3) is 5.91 Å². The summed E-state index contributed by atoms with van der Waals surface area (Å²) in [4.78, 5) is 20.2. The van der Waals surface area contributed by atoms with Gasteiger partial charge in [-0.1, -0.05) is 47.7 Å². The molecule has 4 rings (SSSR count). The van der Waals surface area contributed by atoms with Crippen LogP contribution in [0.4, 0.5) is 5.13 Å². The molecule has 0 aliphatic heterocycles. The topological polar surface area (TPSA) is 51.7 Å². The Hall–Kier alpha value is -3.38. The normalized spacial score (nSPS) is 10.8. The van der Waals surface area contributed by atoms with E-state index in [2.05, 4.69) is 26.0 Å². The van der Waals surface area contributed by atoms with Crippen LogP contribution in [-0.2, 0) is 6.54 Å². The molecular weight excluding hydrogens is 408 g/mol. The molecule has 1 heterocycles. The Bertz CT molecular complexity index is 1230. The van der Waals surface area contributed by atoms with Crippen molar-refractivity contribution in [1.82, 2.24) is 4.98 Å². The molecule has 1 amide bonds. The molecule has 5 nitrogen and oxygen atoms in total. The molecule has 31 heavy (non-hydrogen) atoms. The molecule has 0 radical (unpaired) electrons. The van der Waals surface area contributed by atoms with Gasteiger partial charge in [-0.25, -0.2) is 4.98 Å². The maximum Gasteiger partial charge on any atom is 0.260 e. The summed E-state index contributed by atoms with van der Waals surface area (Å²) < 4.78 is 11.8. The number of nitrogens with zero attached hydrogens (tertiary/aromatic N) is 2. The molecule has 1 aromatic heterocycles. The van der Waals surface area contributed by atoms with Gasteiger partial charge in [0.1, 0.15) is 0 Å². The van der Waals surface area contributed by atoms with E-state index in [4.69, 9.17) is 14.5 Å². The van der Waals surface area contributed by atoms with E-state index in [-0.39, 0.29) is 5.91 Å². The van der Waals surface area contributed by atoms with Crippen LogP contribution < -0.4 is 14.4 Å². The fourth-order valence-electron chi connectivity index (χ4n) is 3.60. The van der Waals surface area contributed by atoms with Crippen LogP contribution in [0.15, 0.2) is 60.7 Å².